The fourth-order valence-electron chi connectivity index (χ4n) is 8.78. The monoisotopic (exact) mass is 1270 g/mol. The molecule has 2 saturated heterocycles. The number of nitrogens with zero attached hydrogens (tertiary/aromatic N) is 12. The van der Waals surface area contributed by atoms with Gasteiger partial charge in [0.05, 0.1) is 79.7 Å². The summed E-state index contributed by atoms with van der Waals surface area (Å²) in [5, 5.41) is 27.6. The fourth-order valence-corrected chi connectivity index (χ4v) is 9.74. The Balaban J connectivity index is 0.000000875. The summed E-state index contributed by atoms with van der Waals surface area (Å²) in [6, 6.07) is 0. The highest BCUT2D eigenvalue weighted by Gasteiger charge is 2.34. The molecule has 2 aliphatic rings. The number of amides is 6. The van der Waals surface area contributed by atoms with E-state index in [1.165, 1.54) is 14.7 Å². The summed E-state index contributed by atoms with van der Waals surface area (Å²) in [5.74, 6) is -1.54. The molecular formula is C48H99N12O21P3. The summed E-state index contributed by atoms with van der Waals surface area (Å²) in [7, 11) is -13.9. The SMILES string of the molecule is CCN(CCO)CCC(=O)N1CN(C(=O)CCN(CC)CCO)CN(C(=O)CCN(CC)CCO)C1.CCN(CCOP(=O)(O)O)CCC(=O)N1CN(C(=O)CCN(CC)CCOP(=O)(O)O)CN(C(=O)CCN(CC)CCOP(=O)(O)O)C1. The Labute approximate surface area is 494 Å². The van der Waals surface area contributed by atoms with Crippen molar-refractivity contribution in [3.8, 4) is 0 Å². The number of carbonyl (C=O) groups excluding carboxylic acids is 6. The highest BCUT2D eigenvalue weighted by molar-refractivity contribution is 7.46. The topological polar surface area (TPSA) is 402 Å². The van der Waals surface area contributed by atoms with E-state index in [1.807, 2.05) is 35.5 Å². The lowest BCUT2D eigenvalue weighted by Crippen LogP contribution is -2.60. The quantitative estimate of drug-likeness (QED) is 0.0281. The van der Waals surface area contributed by atoms with Crippen LogP contribution in [0.15, 0.2) is 0 Å². The number of phosphoric ester groups is 3. The second-order valence-corrected chi connectivity index (χ2v) is 23.4. The molecule has 0 bridgehead atoms. The minimum atomic E-state index is -4.64. The average molecular weight is 1270 g/mol. The number of aliphatic hydroxyl groups is 3. The van der Waals surface area contributed by atoms with E-state index >= 15 is 0 Å². The van der Waals surface area contributed by atoms with Gasteiger partial charge in [-0.3, -0.25) is 42.3 Å². The molecule has 0 aromatic heterocycles. The zero-order valence-corrected chi connectivity index (χ0v) is 52.8. The number of phosphoric acid groups is 3. The smallest absolute Gasteiger partial charge is 0.395 e. The van der Waals surface area contributed by atoms with E-state index in [0.717, 1.165) is 0 Å². The molecule has 36 heteroatoms. The van der Waals surface area contributed by atoms with Crippen molar-refractivity contribution in [3.05, 3.63) is 0 Å². The number of hydrogen-bond acceptors (Lipinski definition) is 21. The first kappa shape index (κ1) is 78.8. The Hall–Kier alpha value is -3.21. The minimum Gasteiger partial charge on any atom is -0.395 e. The summed E-state index contributed by atoms with van der Waals surface area (Å²) in [6.07, 6.45) is 0.662. The van der Waals surface area contributed by atoms with Crippen LogP contribution in [0.5, 0.6) is 0 Å². The van der Waals surface area contributed by atoms with Gasteiger partial charge in [-0.2, -0.15) is 0 Å². The summed E-state index contributed by atoms with van der Waals surface area (Å²) >= 11 is 0. The Morgan fingerprint density at radius 3 is 0.595 bits per heavy atom. The molecule has 2 rings (SSSR count). The Kier molecular flexibility index (Phi) is 40.0. The molecule has 2 heterocycles. The fraction of sp³-hybridized carbons (Fsp3) is 0.875. The van der Waals surface area contributed by atoms with Crippen molar-refractivity contribution in [1.29, 1.82) is 0 Å². The summed E-state index contributed by atoms with van der Waals surface area (Å²) in [6.45, 7) is 18.4. The lowest BCUT2D eigenvalue weighted by molar-refractivity contribution is -0.161. The van der Waals surface area contributed by atoms with Gasteiger partial charge in [0.25, 0.3) is 0 Å². The Morgan fingerprint density at radius 2 is 0.464 bits per heavy atom. The number of rotatable bonds is 42. The van der Waals surface area contributed by atoms with Crippen LogP contribution in [0.25, 0.3) is 0 Å². The lowest BCUT2D eigenvalue weighted by atomic mass is 10.2. The zero-order valence-electron chi connectivity index (χ0n) is 50.1. The molecule has 0 unspecified atom stereocenters. The second-order valence-electron chi connectivity index (χ2n) is 19.7. The van der Waals surface area contributed by atoms with Crippen molar-refractivity contribution >= 4 is 58.9 Å². The van der Waals surface area contributed by atoms with Gasteiger partial charge in [0.1, 0.15) is 0 Å². The van der Waals surface area contributed by atoms with E-state index < -0.39 is 23.5 Å². The summed E-state index contributed by atoms with van der Waals surface area (Å²) < 4.78 is 46.4. The molecule has 6 amide bonds. The molecule has 2 fully saturated rings. The molecule has 2 aliphatic heterocycles. The van der Waals surface area contributed by atoms with Crippen LogP contribution < -0.4 is 0 Å². The van der Waals surface area contributed by atoms with E-state index in [2.05, 4.69) is 13.6 Å². The van der Waals surface area contributed by atoms with E-state index in [-0.39, 0.29) is 193 Å². The predicted octanol–water partition coefficient (Wildman–Crippen LogP) is -2.71. The van der Waals surface area contributed by atoms with Crippen LogP contribution >= 0.6 is 23.5 Å². The summed E-state index contributed by atoms with van der Waals surface area (Å²) in [4.78, 5) is 152. The standard InChI is InChI=1S/C24H51N6O15P3.C24H48N6O6/c1-4-25(13-16-43-46(34,35)36)10-7-22(31)28-19-29(23(32)8-11-26(5-2)14-17-44-47(37,38)39)21-30(20-28)24(33)9-12-27(6-3)15-18-45-48(40,41)42;1-4-25(13-16-31)10-7-22(34)28-19-29(23(35)8-11-26(5-2)14-17-32)21-30(20-28)24(36)9-12-27(6-3)15-18-33/h4-21H2,1-3H3,(H2,34,35,36)(H2,37,38,39)(H2,40,41,42);31-33H,4-21H2,1-3H3. The third-order valence-corrected chi connectivity index (χ3v) is 15.5. The molecule has 492 valence electrons. The molecule has 0 aliphatic carbocycles. The van der Waals surface area contributed by atoms with Crippen LogP contribution in [0, 0.1) is 0 Å². The first-order valence-electron chi connectivity index (χ1n) is 28.5. The van der Waals surface area contributed by atoms with Gasteiger partial charge < -0.3 is 103 Å². The molecule has 0 spiro atoms. The van der Waals surface area contributed by atoms with E-state index in [9.17, 15) is 57.8 Å². The third kappa shape index (κ3) is 35.0. The maximum atomic E-state index is 13.3. The lowest BCUT2D eigenvalue weighted by Gasteiger charge is -2.42. The second kappa shape index (κ2) is 42.6. The number of hydrogen-bond donors (Lipinski definition) is 9. The molecule has 84 heavy (non-hydrogen) atoms. The van der Waals surface area contributed by atoms with Crippen LogP contribution in [0.3, 0.4) is 0 Å². The molecule has 0 radical (unpaired) electrons. The van der Waals surface area contributed by atoms with Gasteiger partial charge in [-0.05, 0) is 39.3 Å². The maximum absolute atomic E-state index is 13.3. The number of carbonyl (C=O) groups is 6. The first-order chi connectivity index (χ1) is 39.6. The van der Waals surface area contributed by atoms with Crippen molar-refractivity contribution in [2.24, 2.45) is 0 Å². The van der Waals surface area contributed by atoms with Crippen LogP contribution in [0.4, 0.5) is 0 Å². The predicted molar refractivity (Wildman–Crippen MR) is 306 cm³/mol. The van der Waals surface area contributed by atoms with Gasteiger partial charge in [-0.15, -0.1) is 0 Å². The number of likely N-dealkylation sites (N-methyl/N-ethyl adjacent to an activating group) is 6. The van der Waals surface area contributed by atoms with Gasteiger partial charge in [0.2, 0.25) is 35.4 Å². The zero-order chi connectivity index (χ0) is 63.5. The van der Waals surface area contributed by atoms with Gasteiger partial charge in [-0.25, -0.2) is 13.7 Å². The van der Waals surface area contributed by atoms with Crippen molar-refractivity contribution in [3.63, 3.8) is 0 Å². The van der Waals surface area contributed by atoms with Gasteiger partial charge in [-0.1, -0.05) is 41.5 Å². The first-order valence-corrected chi connectivity index (χ1v) is 33.1. The van der Waals surface area contributed by atoms with Crippen LogP contribution in [0.2, 0.25) is 0 Å². The number of aliphatic hydroxyl groups excluding tert-OH is 3. The minimum absolute atomic E-state index is 0.0137. The van der Waals surface area contributed by atoms with Crippen LogP contribution in [0.1, 0.15) is 80.1 Å². The van der Waals surface area contributed by atoms with Gasteiger partial charge in [0, 0.05) is 117 Å². The van der Waals surface area contributed by atoms with E-state index in [4.69, 9.17) is 29.4 Å². The molecule has 9 N–H and O–H groups in total. The Morgan fingerprint density at radius 1 is 0.310 bits per heavy atom. The van der Waals surface area contributed by atoms with Gasteiger partial charge in [0.15, 0.2) is 0 Å². The normalized spacial score (nSPS) is 14.7. The van der Waals surface area contributed by atoms with Crippen molar-refractivity contribution in [2.45, 2.75) is 80.1 Å². The average Bonchev–Trinajstić information content (AvgIpc) is 3.64. The maximum Gasteiger partial charge on any atom is 0.469 e. The van der Waals surface area contributed by atoms with E-state index in [0.29, 0.717) is 78.5 Å². The molecule has 33 nitrogen and oxygen atoms in total. The molecule has 0 aromatic carbocycles. The molecule has 0 atom stereocenters. The largest absolute Gasteiger partial charge is 0.469 e. The Bertz CT molecular complexity index is 1850. The van der Waals surface area contributed by atoms with Crippen molar-refractivity contribution in [2.75, 3.05) is 197 Å². The highest BCUT2D eigenvalue weighted by Crippen LogP contribution is 2.36. The molecule has 0 aromatic rings. The third-order valence-electron chi connectivity index (χ3n) is 13.9. The van der Waals surface area contributed by atoms with E-state index in [1.54, 1.807) is 50.2 Å². The molecule has 0 saturated carbocycles. The van der Waals surface area contributed by atoms with Crippen LogP contribution in [-0.2, 0) is 56.0 Å². The van der Waals surface area contributed by atoms with Crippen molar-refractivity contribution < 1.29 is 101 Å². The van der Waals surface area contributed by atoms with Crippen LogP contribution in [-0.4, -0.2) is 336 Å². The van der Waals surface area contributed by atoms with Crippen molar-refractivity contribution in [1.82, 2.24) is 58.8 Å². The van der Waals surface area contributed by atoms with Gasteiger partial charge >= 0.3 is 23.5 Å². The molecular weight excluding hydrogens is 1170 g/mol. The summed E-state index contributed by atoms with van der Waals surface area (Å²) in [5.41, 5.74) is 0. The highest BCUT2D eigenvalue weighted by atomic mass is 31.2.